The van der Waals surface area contributed by atoms with Gasteiger partial charge in [0, 0.05) is 4.91 Å². The highest BCUT2D eigenvalue weighted by atomic mass is 16.5. The smallest absolute Gasteiger partial charge is 0.0841 e. The van der Waals surface area contributed by atoms with Gasteiger partial charge in [0.25, 0.3) is 0 Å². The summed E-state index contributed by atoms with van der Waals surface area (Å²) in [4.78, 5) is 2.60. The van der Waals surface area contributed by atoms with E-state index in [0.29, 0.717) is 13.2 Å². The number of rotatable bonds is 1. The molecule has 0 radical (unpaired) electrons. The monoisotopic (exact) mass is 99.0 g/mol. The Kier molecular flexibility index (Phi) is 1.15. The first-order valence-corrected chi connectivity index (χ1v) is 2.05. The number of nitrogens with zero attached hydrogens (tertiary/aromatic N) is 3. The first-order chi connectivity index (χ1) is 3.43. The molecule has 4 heteroatoms. The van der Waals surface area contributed by atoms with Crippen molar-refractivity contribution in [3.05, 3.63) is 10.4 Å². The van der Waals surface area contributed by atoms with Gasteiger partial charge in [-0.2, -0.15) is 0 Å². The van der Waals surface area contributed by atoms with Crippen LogP contribution in [-0.2, 0) is 4.74 Å². The van der Waals surface area contributed by atoms with Gasteiger partial charge in [-0.15, -0.1) is 0 Å². The van der Waals surface area contributed by atoms with Crippen molar-refractivity contribution in [3.8, 4) is 0 Å². The average Bonchev–Trinajstić information content (AvgIpc) is 1.55. The molecule has 0 N–H and O–H groups in total. The van der Waals surface area contributed by atoms with Crippen molar-refractivity contribution in [1.29, 1.82) is 0 Å². The van der Waals surface area contributed by atoms with E-state index in [2.05, 4.69) is 10.0 Å². The van der Waals surface area contributed by atoms with Crippen molar-refractivity contribution < 1.29 is 4.74 Å². The van der Waals surface area contributed by atoms with Gasteiger partial charge in [0.2, 0.25) is 0 Å². The largest absolute Gasteiger partial charge is 0.380 e. The van der Waals surface area contributed by atoms with E-state index >= 15 is 0 Å². The van der Waals surface area contributed by atoms with E-state index in [-0.39, 0.29) is 6.04 Å². The molecular formula is C3H5N3O. The van der Waals surface area contributed by atoms with Gasteiger partial charge in [-0.25, -0.2) is 0 Å². The fourth-order valence-electron chi connectivity index (χ4n) is 0.363. The van der Waals surface area contributed by atoms with Crippen LogP contribution in [0.15, 0.2) is 5.11 Å². The lowest BCUT2D eigenvalue weighted by atomic mass is 10.3. The molecule has 0 aliphatic carbocycles. The Hall–Kier alpha value is -0.730. The molecule has 0 unspecified atom stereocenters. The summed E-state index contributed by atoms with van der Waals surface area (Å²) in [5.41, 5.74) is 7.80. The maximum atomic E-state index is 7.80. The first kappa shape index (κ1) is 4.43. The molecule has 38 valence electrons. The fraction of sp³-hybridized carbons (Fsp3) is 1.00. The predicted molar refractivity (Wildman–Crippen MR) is 23.8 cm³/mol. The van der Waals surface area contributed by atoms with Crippen LogP contribution >= 0.6 is 0 Å². The zero-order valence-electron chi connectivity index (χ0n) is 3.74. The first-order valence-electron chi connectivity index (χ1n) is 2.05. The molecule has 0 atom stereocenters. The van der Waals surface area contributed by atoms with Gasteiger partial charge < -0.3 is 4.74 Å². The zero-order chi connectivity index (χ0) is 5.11. The number of hydrogen-bond acceptors (Lipinski definition) is 2. The molecule has 7 heavy (non-hydrogen) atoms. The summed E-state index contributed by atoms with van der Waals surface area (Å²) in [5.74, 6) is 0. The van der Waals surface area contributed by atoms with Crippen LogP contribution in [0.3, 0.4) is 0 Å². The van der Waals surface area contributed by atoms with Gasteiger partial charge >= 0.3 is 0 Å². The summed E-state index contributed by atoms with van der Waals surface area (Å²) in [7, 11) is 0. The molecule has 0 aromatic carbocycles. The van der Waals surface area contributed by atoms with Crippen LogP contribution < -0.4 is 0 Å². The van der Waals surface area contributed by atoms with Crippen molar-refractivity contribution in [2.45, 2.75) is 6.04 Å². The third-order valence-corrected chi connectivity index (χ3v) is 0.835. The third-order valence-electron chi connectivity index (χ3n) is 0.835. The van der Waals surface area contributed by atoms with Crippen LogP contribution in [0, 0.1) is 0 Å². The Balaban J connectivity index is 2.27. The van der Waals surface area contributed by atoms with Crippen molar-refractivity contribution in [2.24, 2.45) is 5.11 Å². The molecule has 1 rings (SSSR count). The minimum absolute atomic E-state index is 0.116. The molecule has 4 nitrogen and oxygen atoms in total. The second-order valence-corrected chi connectivity index (χ2v) is 1.40. The minimum Gasteiger partial charge on any atom is -0.380 e. The summed E-state index contributed by atoms with van der Waals surface area (Å²) >= 11 is 0. The maximum Gasteiger partial charge on any atom is 0.0841 e. The van der Waals surface area contributed by atoms with Crippen LogP contribution in [0.1, 0.15) is 0 Å². The van der Waals surface area contributed by atoms with E-state index in [4.69, 9.17) is 10.3 Å². The minimum atomic E-state index is 0.116. The van der Waals surface area contributed by atoms with Crippen LogP contribution in [-0.4, -0.2) is 19.3 Å². The van der Waals surface area contributed by atoms with Crippen LogP contribution in [0.5, 0.6) is 0 Å². The summed E-state index contributed by atoms with van der Waals surface area (Å²) in [5, 5.41) is 3.39. The second kappa shape index (κ2) is 1.82. The van der Waals surface area contributed by atoms with Gasteiger partial charge in [-0.3, -0.25) is 0 Å². The zero-order valence-corrected chi connectivity index (χ0v) is 3.74. The highest BCUT2D eigenvalue weighted by molar-refractivity contribution is 4.72. The molecule has 1 aliphatic rings. The van der Waals surface area contributed by atoms with Crippen LogP contribution in [0.25, 0.3) is 10.4 Å². The summed E-state index contributed by atoms with van der Waals surface area (Å²) in [6.07, 6.45) is 0. The van der Waals surface area contributed by atoms with E-state index in [9.17, 15) is 0 Å². The Morgan fingerprint density at radius 3 is 2.57 bits per heavy atom. The SMILES string of the molecule is [N-]=[N+]=NC1COC1. The van der Waals surface area contributed by atoms with Gasteiger partial charge in [-0.1, -0.05) is 5.11 Å². The summed E-state index contributed by atoms with van der Waals surface area (Å²) in [6.45, 7) is 1.20. The van der Waals surface area contributed by atoms with Gasteiger partial charge in [0.15, 0.2) is 0 Å². The molecule has 0 amide bonds. The molecule has 0 bridgehead atoms. The number of ether oxygens (including phenoxy) is 1. The van der Waals surface area contributed by atoms with E-state index < -0.39 is 0 Å². The maximum absolute atomic E-state index is 7.80. The van der Waals surface area contributed by atoms with E-state index in [0.717, 1.165) is 0 Å². The molecule has 1 fully saturated rings. The number of hydrogen-bond donors (Lipinski definition) is 0. The van der Waals surface area contributed by atoms with E-state index in [1.54, 1.807) is 0 Å². The Labute approximate surface area is 40.7 Å². The standard InChI is InChI=1S/C3H5N3O/c4-6-5-3-1-7-2-3/h3H,1-2H2. The summed E-state index contributed by atoms with van der Waals surface area (Å²) in [6, 6.07) is 0.116. The molecule has 0 aromatic rings. The quantitative estimate of drug-likeness (QED) is 0.271. The lowest BCUT2D eigenvalue weighted by Gasteiger charge is -2.19. The van der Waals surface area contributed by atoms with Gasteiger partial charge in [0.05, 0.1) is 19.3 Å². The second-order valence-electron chi connectivity index (χ2n) is 1.40. The topological polar surface area (TPSA) is 58.0 Å². The highest BCUT2D eigenvalue weighted by Gasteiger charge is 2.14. The van der Waals surface area contributed by atoms with Crippen LogP contribution in [0.4, 0.5) is 0 Å². The van der Waals surface area contributed by atoms with Crippen molar-refractivity contribution in [3.63, 3.8) is 0 Å². The lowest BCUT2D eigenvalue weighted by Crippen LogP contribution is -2.30. The fourth-order valence-corrected chi connectivity index (χ4v) is 0.363. The molecule has 0 saturated carbocycles. The van der Waals surface area contributed by atoms with E-state index in [1.807, 2.05) is 0 Å². The molecule has 1 saturated heterocycles. The average molecular weight is 99.1 g/mol. The molecule has 0 aromatic heterocycles. The van der Waals surface area contributed by atoms with E-state index in [1.165, 1.54) is 0 Å². The van der Waals surface area contributed by atoms with Crippen molar-refractivity contribution in [1.82, 2.24) is 0 Å². The normalized spacial score (nSPS) is 20.0. The third kappa shape index (κ3) is 0.824. The van der Waals surface area contributed by atoms with Crippen molar-refractivity contribution >= 4 is 0 Å². The molecule has 0 spiro atoms. The molecular weight excluding hydrogens is 94.1 g/mol. The van der Waals surface area contributed by atoms with Crippen molar-refractivity contribution in [2.75, 3.05) is 13.2 Å². The van der Waals surface area contributed by atoms with Gasteiger partial charge in [-0.05, 0) is 5.53 Å². The molecule has 1 aliphatic heterocycles. The van der Waals surface area contributed by atoms with Gasteiger partial charge in [0.1, 0.15) is 0 Å². The predicted octanol–water partition coefficient (Wildman–Crippen LogP) is 0.696. The Morgan fingerprint density at radius 1 is 1.71 bits per heavy atom. The summed E-state index contributed by atoms with van der Waals surface area (Å²) < 4.78 is 4.72. The lowest BCUT2D eigenvalue weighted by molar-refractivity contribution is 0.0124. The van der Waals surface area contributed by atoms with Crippen LogP contribution in [0.2, 0.25) is 0 Å². The molecule has 1 heterocycles. The Bertz CT molecular complexity index is 103. The number of azide groups is 1. The highest BCUT2D eigenvalue weighted by Crippen LogP contribution is 2.03. The Morgan fingerprint density at radius 2 is 2.43 bits per heavy atom.